The molecular weight excluding hydrogens is 202 g/mol. The topological polar surface area (TPSA) is 54.0 Å². The van der Waals surface area contributed by atoms with Gasteiger partial charge in [0.1, 0.15) is 23.5 Å². The second kappa shape index (κ2) is 3.82. The maximum atomic E-state index is 11.9. The Balaban J connectivity index is 2.81. The quantitative estimate of drug-likeness (QED) is 0.731. The summed E-state index contributed by atoms with van der Waals surface area (Å²) in [6, 6.07) is 7.33. The van der Waals surface area contributed by atoms with Crippen molar-refractivity contribution in [2.45, 2.75) is 19.8 Å². The molecule has 1 aromatic carbocycles. The molecule has 0 unspecified atom stereocenters. The molecule has 2 aromatic rings. The Morgan fingerprint density at radius 1 is 1.38 bits per heavy atom. The van der Waals surface area contributed by atoms with Crippen LogP contribution in [0, 0.1) is 11.3 Å². The molecular formula is C13H11NO2. The first kappa shape index (κ1) is 10.4. The van der Waals surface area contributed by atoms with Crippen LogP contribution in [0.15, 0.2) is 33.7 Å². The Kier molecular flexibility index (Phi) is 2.49. The van der Waals surface area contributed by atoms with Crippen molar-refractivity contribution >= 4 is 11.0 Å². The van der Waals surface area contributed by atoms with Crippen molar-refractivity contribution < 1.29 is 4.42 Å². The van der Waals surface area contributed by atoms with Gasteiger partial charge in [-0.2, -0.15) is 5.26 Å². The largest absolute Gasteiger partial charge is 0.463 e. The molecule has 3 nitrogen and oxygen atoms in total. The molecule has 0 bridgehead atoms. The molecule has 2 rings (SSSR count). The van der Waals surface area contributed by atoms with E-state index in [-0.39, 0.29) is 11.0 Å². The third-order valence-corrected chi connectivity index (χ3v) is 2.58. The minimum absolute atomic E-state index is 0.0495. The Bertz CT molecular complexity index is 632. The molecule has 0 saturated carbocycles. The van der Waals surface area contributed by atoms with Gasteiger partial charge in [-0.3, -0.25) is 4.79 Å². The molecule has 16 heavy (non-hydrogen) atoms. The van der Waals surface area contributed by atoms with Gasteiger partial charge in [0, 0.05) is 0 Å². The van der Waals surface area contributed by atoms with E-state index in [4.69, 9.17) is 9.68 Å². The van der Waals surface area contributed by atoms with E-state index in [1.54, 1.807) is 12.1 Å². The lowest BCUT2D eigenvalue weighted by Gasteiger charge is -2.05. The zero-order chi connectivity index (χ0) is 11.7. The Morgan fingerprint density at radius 3 is 2.75 bits per heavy atom. The lowest BCUT2D eigenvalue weighted by atomic mass is 10.0. The second-order valence-electron chi connectivity index (χ2n) is 4.00. The molecule has 0 spiro atoms. The number of fused-ring (bicyclic) bond motifs is 1. The minimum atomic E-state index is -0.258. The number of rotatable bonds is 1. The highest BCUT2D eigenvalue weighted by molar-refractivity contribution is 5.78. The Morgan fingerprint density at radius 2 is 2.12 bits per heavy atom. The summed E-state index contributed by atoms with van der Waals surface area (Å²) in [6.45, 7) is 4.11. The Labute approximate surface area is 92.9 Å². The molecule has 1 aromatic heterocycles. The van der Waals surface area contributed by atoms with E-state index in [1.807, 2.05) is 12.1 Å². The predicted molar refractivity (Wildman–Crippen MR) is 61.3 cm³/mol. The predicted octanol–water partition coefficient (Wildman–Crippen LogP) is 2.79. The molecule has 0 radical (unpaired) electrons. The number of hydrogen-bond acceptors (Lipinski definition) is 3. The zero-order valence-corrected chi connectivity index (χ0v) is 9.15. The molecule has 0 saturated heterocycles. The number of hydrogen-bond donors (Lipinski definition) is 0. The fourth-order valence-corrected chi connectivity index (χ4v) is 1.59. The van der Waals surface area contributed by atoms with Gasteiger partial charge >= 0.3 is 0 Å². The zero-order valence-electron chi connectivity index (χ0n) is 9.15. The van der Waals surface area contributed by atoms with E-state index in [2.05, 4.69) is 13.8 Å². The van der Waals surface area contributed by atoms with Crippen LogP contribution in [0.2, 0.25) is 0 Å². The fourth-order valence-electron chi connectivity index (χ4n) is 1.59. The highest BCUT2D eigenvalue weighted by Crippen LogP contribution is 2.19. The van der Waals surface area contributed by atoms with Crippen LogP contribution in [0.4, 0.5) is 0 Å². The van der Waals surface area contributed by atoms with E-state index < -0.39 is 0 Å². The molecule has 0 aliphatic rings. The molecule has 1 heterocycles. The van der Waals surface area contributed by atoms with Crippen LogP contribution in [0.5, 0.6) is 0 Å². The van der Waals surface area contributed by atoms with Crippen LogP contribution in [0.3, 0.4) is 0 Å². The summed E-state index contributed by atoms with van der Waals surface area (Å²) in [5, 5.41) is 9.22. The first-order chi connectivity index (χ1) is 7.63. The van der Waals surface area contributed by atoms with Gasteiger partial charge in [-0.15, -0.1) is 0 Å². The van der Waals surface area contributed by atoms with Crippen LogP contribution < -0.4 is 5.43 Å². The van der Waals surface area contributed by atoms with Crippen LogP contribution in [0.1, 0.15) is 30.9 Å². The summed E-state index contributed by atoms with van der Waals surface area (Å²) in [5.74, 6) is 0.342. The summed E-state index contributed by atoms with van der Waals surface area (Å²) in [5.41, 5.74) is 1.38. The van der Waals surface area contributed by atoms with E-state index in [1.165, 1.54) is 6.26 Å². The van der Waals surface area contributed by atoms with Crippen molar-refractivity contribution in [2.24, 2.45) is 0 Å². The van der Waals surface area contributed by atoms with Gasteiger partial charge in [0.15, 0.2) is 0 Å². The first-order valence-corrected chi connectivity index (χ1v) is 5.09. The number of nitrogens with zero attached hydrogens (tertiary/aromatic N) is 1. The number of nitriles is 1. The standard InChI is InChI=1S/C13H11NO2/c1-8(2)9-3-4-12-11(5-9)13(15)10(6-14)7-16-12/h3-5,7-8H,1-2H3. The van der Waals surface area contributed by atoms with Crippen molar-refractivity contribution in [3.63, 3.8) is 0 Å². The van der Waals surface area contributed by atoms with E-state index in [0.717, 1.165) is 5.56 Å². The molecule has 0 aliphatic heterocycles. The van der Waals surface area contributed by atoms with Crippen LogP contribution >= 0.6 is 0 Å². The van der Waals surface area contributed by atoms with Crippen LogP contribution in [-0.2, 0) is 0 Å². The molecule has 0 fully saturated rings. The summed E-state index contributed by atoms with van der Waals surface area (Å²) < 4.78 is 5.23. The normalized spacial score (nSPS) is 10.6. The van der Waals surface area contributed by atoms with Crippen molar-refractivity contribution in [3.8, 4) is 6.07 Å². The van der Waals surface area contributed by atoms with Gasteiger partial charge in [0.2, 0.25) is 5.43 Å². The third kappa shape index (κ3) is 1.59. The van der Waals surface area contributed by atoms with Gasteiger partial charge in [-0.1, -0.05) is 19.9 Å². The Hall–Kier alpha value is -2.08. The van der Waals surface area contributed by atoms with Crippen LogP contribution in [-0.4, -0.2) is 0 Å². The second-order valence-corrected chi connectivity index (χ2v) is 4.00. The van der Waals surface area contributed by atoms with Gasteiger partial charge in [0.25, 0.3) is 0 Å². The van der Waals surface area contributed by atoms with Crippen molar-refractivity contribution in [1.82, 2.24) is 0 Å². The average molecular weight is 213 g/mol. The SMILES string of the molecule is CC(C)c1ccc2occ(C#N)c(=O)c2c1. The minimum Gasteiger partial charge on any atom is -0.463 e. The van der Waals surface area contributed by atoms with Crippen molar-refractivity contribution in [3.05, 3.63) is 45.8 Å². The summed E-state index contributed by atoms with van der Waals surface area (Å²) in [7, 11) is 0. The maximum absolute atomic E-state index is 11.9. The molecule has 0 N–H and O–H groups in total. The molecule has 0 aliphatic carbocycles. The van der Waals surface area contributed by atoms with E-state index in [9.17, 15) is 4.79 Å². The lowest BCUT2D eigenvalue weighted by Crippen LogP contribution is -2.06. The van der Waals surface area contributed by atoms with E-state index in [0.29, 0.717) is 16.9 Å². The smallest absolute Gasteiger partial charge is 0.210 e. The highest BCUT2D eigenvalue weighted by atomic mass is 16.3. The molecule has 0 atom stereocenters. The van der Waals surface area contributed by atoms with Gasteiger partial charge < -0.3 is 4.42 Å². The van der Waals surface area contributed by atoms with Crippen molar-refractivity contribution in [1.29, 1.82) is 5.26 Å². The summed E-state index contributed by atoms with van der Waals surface area (Å²) in [4.78, 5) is 11.9. The molecule has 3 heteroatoms. The highest BCUT2D eigenvalue weighted by Gasteiger charge is 2.08. The number of benzene rings is 1. The molecule has 80 valence electrons. The molecule has 0 amide bonds. The van der Waals surface area contributed by atoms with E-state index >= 15 is 0 Å². The fraction of sp³-hybridized carbons (Fsp3) is 0.231. The lowest BCUT2D eigenvalue weighted by molar-refractivity contribution is 0.600. The van der Waals surface area contributed by atoms with Gasteiger partial charge in [-0.05, 0) is 23.6 Å². The maximum Gasteiger partial charge on any atom is 0.210 e. The van der Waals surface area contributed by atoms with Crippen molar-refractivity contribution in [2.75, 3.05) is 0 Å². The van der Waals surface area contributed by atoms with Crippen LogP contribution in [0.25, 0.3) is 11.0 Å². The summed E-state index contributed by atoms with van der Waals surface area (Å²) >= 11 is 0. The first-order valence-electron chi connectivity index (χ1n) is 5.09. The monoisotopic (exact) mass is 213 g/mol. The summed E-state index contributed by atoms with van der Waals surface area (Å²) in [6.07, 6.45) is 1.21. The average Bonchev–Trinajstić information content (AvgIpc) is 2.29. The van der Waals surface area contributed by atoms with Gasteiger partial charge in [-0.25, -0.2) is 0 Å². The third-order valence-electron chi connectivity index (χ3n) is 2.58. The van der Waals surface area contributed by atoms with Gasteiger partial charge in [0.05, 0.1) is 5.39 Å².